The minimum absolute atomic E-state index is 0.0841. The number of aromatic nitrogens is 2. The Balaban J connectivity index is 1.59. The van der Waals surface area contributed by atoms with E-state index in [9.17, 15) is 9.90 Å². The molecule has 3 rings (SSSR count). The summed E-state index contributed by atoms with van der Waals surface area (Å²) in [5, 5.41) is 17.5. The minimum atomic E-state index is -0.798. The number of aliphatic hydroxyl groups is 1. The summed E-state index contributed by atoms with van der Waals surface area (Å²) in [6.07, 6.45) is 7.30. The summed E-state index contributed by atoms with van der Waals surface area (Å²) in [5.74, 6) is -0.0851. The molecule has 1 aromatic heterocycles. The lowest BCUT2D eigenvalue weighted by Crippen LogP contribution is -2.35. The Bertz CT molecular complexity index is 643. The topological polar surface area (TPSA) is 67.2 Å². The van der Waals surface area contributed by atoms with Gasteiger partial charge in [0.1, 0.15) is 0 Å². The number of carbonyl (C=O) groups excluding carboxylic acids is 1. The summed E-state index contributed by atoms with van der Waals surface area (Å²) in [5.41, 5.74) is 1.22. The van der Waals surface area contributed by atoms with Crippen LogP contribution >= 0.6 is 0 Å². The van der Waals surface area contributed by atoms with E-state index in [0.29, 0.717) is 0 Å². The van der Waals surface area contributed by atoms with Gasteiger partial charge < -0.3 is 10.4 Å². The van der Waals surface area contributed by atoms with Gasteiger partial charge in [0.2, 0.25) is 5.91 Å². The molecule has 0 bridgehead atoms. The predicted octanol–water partition coefficient (Wildman–Crippen LogP) is 2.74. The van der Waals surface area contributed by atoms with Crippen LogP contribution in [0.1, 0.15) is 50.6 Å². The van der Waals surface area contributed by atoms with Crippen LogP contribution in [0.3, 0.4) is 0 Å². The molecule has 1 unspecified atom stereocenters. The SMILES string of the molecule is CC(NC(=O)CC1(O)CCCC1)c1ccc(-n2cccn2)cc1. The maximum absolute atomic E-state index is 12.2. The van der Waals surface area contributed by atoms with Gasteiger partial charge in [-0.25, -0.2) is 4.68 Å². The highest BCUT2D eigenvalue weighted by atomic mass is 16.3. The quantitative estimate of drug-likeness (QED) is 0.892. The molecule has 0 radical (unpaired) electrons. The molecule has 1 aliphatic rings. The zero-order valence-corrected chi connectivity index (χ0v) is 13.4. The van der Waals surface area contributed by atoms with Crippen LogP contribution in [-0.4, -0.2) is 26.4 Å². The van der Waals surface area contributed by atoms with Crippen LogP contribution in [0.15, 0.2) is 42.7 Å². The second-order valence-electron chi connectivity index (χ2n) is 6.44. The smallest absolute Gasteiger partial charge is 0.223 e. The summed E-state index contributed by atoms with van der Waals surface area (Å²) in [4.78, 5) is 12.2. The Labute approximate surface area is 136 Å². The highest BCUT2D eigenvalue weighted by Gasteiger charge is 2.33. The molecule has 2 N–H and O–H groups in total. The van der Waals surface area contributed by atoms with Gasteiger partial charge in [-0.15, -0.1) is 0 Å². The molecule has 1 atom stereocenters. The average Bonchev–Trinajstić information content (AvgIpc) is 3.19. The van der Waals surface area contributed by atoms with Gasteiger partial charge in [0.15, 0.2) is 0 Å². The van der Waals surface area contributed by atoms with Gasteiger partial charge in [-0.05, 0) is 43.5 Å². The number of benzene rings is 1. The van der Waals surface area contributed by atoms with Crippen molar-refractivity contribution in [2.75, 3.05) is 0 Å². The fourth-order valence-electron chi connectivity index (χ4n) is 3.22. The van der Waals surface area contributed by atoms with Crippen LogP contribution < -0.4 is 5.32 Å². The van der Waals surface area contributed by atoms with Crippen LogP contribution in [-0.2, 0) is 4.79 Å². The molecule has 1 aliphatic carbocycles. The monoisotopic (exact) mass is 313 g/mol. The number of carbonyl (C=O) groups is 1. The first-order valence-corrected chi connectivity index (χ1v) is 8.17. The third-order valence-corrected chi connectivity index (χ3v) is 4.56. The third kappa shape index (κ3) is 3.79. The van der Waals surface area contributed by atoms with E-state index in [4.69, 9.17) is 0 Å². The van der Waals surface area contributed by atoms with Crippen molar-refractivity contribution < 1.29 is 9.90 Å². The summed E-state index contributed by atoms with van der Waals surface area (Å²) in [6.45, 7) is 1.96. The van der Waals surface area contributed by atoms with Crippen LogP contribution in [0.4, 0.5) is 0 Å². The van der Waals surface area contributed by atoms with Gasteiger partial charge in [0.25, 0.3) is 0 Å². The first kappa shape index (κ1) is 15.7. The fraction of sp³-hybridized carbons (Fsp3) is 0.444. The molecule has 2 aromatic rings. The van der Waals surface area contributed by atoms with E-state index in [1.165, 1.54) is 0 Å². The zero-order chi connectivity index (χ0) is 16.3. The zero-order valence-electron chi connectivity index (χ0n) is 13.4. The van der Waals surface area contributed by atoms with Gasteiger partial charge in [0, 0.05) is 12.4 Å². The van der Waals surface area contributed by atoms with Crippen LogP contribution in [0, 0.1) is 0 Å². The van der Waals surface area contributed by atoms with Crippen molar-refractivity contribution in [1.29, 1.82) is 0 Å². The molecule has 1 fully saturated rings. The minimum Gasteiger partial charge on any atom is -0.389 e. The van der Waals surface area contributed by atoms with Gasteiger partial charge in [-0.1, -0.05) is 25.0 Å². The van der Waals surface area contributed by atoms with E-state index in [1.807, 2.05) is 43.5 Å². The van der Waals surface area contributed by atoms with Crippen molar-refractivity contribution in [2.24, 2.45) is 0 Å². The first-order chi connectivity index (χ1) is 11.1. The van der Waals surface area contributed by atoms with Gasteiger partial charge in [0.05, 0.1) is 23.8 Å². The summed E-state index contributed by atoms with van der Waals surface area (Å²) < 4.78 is 1.79. The van der Waals surface area contributed by atoms with Crippen molar-refractivity contribution in [3.63, 3.8) is 0 Å². The third-order valence-electron chi connectivity index (χ3n) is 4.56. The number of hydrogen-bond donors (Lipinski definition) is 2. The van der Waals surface area contributed by atoms with Gasteiger partial charge >= 0.3 is 0 Å². The van der Waals surface area contributed by atoms with E-state index in [-0.39, 0.29) is 18.4 Å². The fourth-order valence-corrected chi connectivity index (χ4v) is 3.22. The largest absolute Gasteiger partial charge is 0.389 e. The molecule has 5 heteroatoms. The number of amides is 1. The maximum Gasteiger partial charge on any atom is 0.223 e. The second kappa shape index (κ2) is 6.54. The van der Waals surface area contributed by atoms with E-state index in [2.05, 4.69) is 10.4 Å². The van der Waals surface area contributed by atoms with Gasteiger partial charge in [-0.3, -0.25) is 4.79 Å². The van der Waals surface area contributed by atoms with Crippen LogP contribution in [0.2, 0.25) is 0 Å². The Morgan fingerprint density at radius 2 is 2.04 bits per heavy atom. The molecule has 23 heavy (non-hydrogen) atoms. The Kier molecular flexibility index (Phi) is 4.48. The predicted molar refractivity (Wildman–Crippen MR) is 88.2 cm³/mol. The summed E-state index contributed by atoms with van der Waals surface area (Å²) >= 11 is 0. The van der Waals surface area contributed by atoms with Crippen molar-refractivity contribution >= 4 is 5.91 Å². The second-order valence-corrected chi connectivity index (χ2v) is 6.44. The van der Waals surface area contributed by atoms with Gasteiger partial charge in [-0.2, -0.15) is 5.10 Å². The van der Waals surface area contributed by atoms with Crippen LogP contribution in [0.5, 0.6) is 0 Å². The van der Waals surface area contributed by atoms with E-state index >= 15 is 0 Å². The van der Waals surface area contributed by atoms with Crippen molar-refractivity contribution in [3.8, 4) is 5.69 Å². The molecule has 5 nitrogen and oxygen atoms in total. The van der Waals surface area contributed by atoms with Crippen molar-refractivity contribution in [2.45, 2.75) is 50.7 Å². The summed E-state index contributed by atoms with van der Waals surface area (Å²) in [6, 6.07) is 9.74. The van der Waals surface area contributed by atoms with Crippen molar-refractivity contribution in [3.05, 3.63) is 48.3 Å². The highest BCUT2D eigenvalue weighted by molar-refractivity contribution is 5.77. The highest BCUT2D eigenvalue weighted by Crippen LogP contribution is 2.32. The molecular weight excluding hydrogens is 290 g/mol. The van der Waals surface area contributed by atoms with E-state index < -0.39 is 5.60 Å². The normalized spacial score (nSPS) is 17.8. The Morgan fingerprint density at radius 1 is 1.35 bits per heavy atom. The number of rotatable bonds is 5. The molecular formula is C18H23N3O2. The number of nitrogens with zero attached hydrogens (tertiary/aromatic N) is 2. The molecule has 0 spiro atoms. The van der Waals surface area contributed by atoms with E-state index in [1.54, 1.807) is 10.9 Å². The standard InChI is InChI=1S/C18H23N3O2/c1-14(20-17(22)13-18(23)9-2-3-10-18)15-5-7-16(8-6-15)21-12-4-11-19-21/h4-8,11-12,14,23H,2-3,9-10,13H2,1H3,(H,20,22). The molecule has 1 amide bonds. The lowest BCUT2D eigenvalue weighted by Gasteiger charge is -2.23. The Hall–Kier alpha value is -2.14. The molecule has 1 saturated carbocycles. The maximum atomic E-state index is 12.2. The number of hydrogen-bond acceptors (Lipinski definition) is 3. The molecule has 0 saturated heterocycles. The Morgan fingerprint density at radius 3 is 2.65 bits per heavy atom. The molecule has 0 aliphatic heterocycles. The molecule has 122 valence electrons. The lowest BCUT2D eigenvalue weighted by atomic mass is 9.97. The van der Waals surface area contributed by atoms with Crippen molar-refractivity contribution in [1.82, 2.24) is 15.1 Å². The van der Waals surface area contributed by atoms with E-state index in [0.717, 1.165) is 36.9 Å². The summed E-state index contributed by atoms with van der Waals surface area (Å²) in [7, 11) is 0. The van der Waals surface area contributed by atoms with Crippen LogP contribution in [0.25, 0.3) is 5.69 Å². The first-order valence-electron chi connectivity index (χ1n) is 8.17. The molecule has 1 heterocycles. The number of nitrogens with one attached hydrogen (secondary N) is 1. The average molecular weight is 313 g/mol. The molecule has 1 aromatic carbocycles. The lowest BCUT2D eigenvalue weighted by molar-refractivity contribution is -0.126.